The predicted octanol–water partition coefficient (Wildman–Crippen LogP) is 3.04. The standard InChI is InChI=1S/C16H17NO/c18-16-8-4-7-15-14(16)10-9-13(17-15)11-12-5-2-1-3-6-12/h1-3,5-6,9-10,16,18H,4,7-8,11H2. The van der Waals surface area contributed by atoms with Crippen LogP contribution in [-0.4, -0.2) is 10.1 Å². The highest BCUT2D eigenvalue weighted by atomic mass is 16.3. The lowest BCUT2D eigenvalue weighted by Crippen LogP contribution is -2.12. The summed E-state index contributed by atoms with van der Waals surface area (Å²) in [4.78, 5) is 4.70. The van der Waals surface area contributed by atoms with E-state index in [1.165, 1.54) is 5.56 Å². The van der Waals surface area contributed by atoms with Gasteiger partial charge in [-0.2, -0.15) is 0 Å². The van der Waals surface area contributed by atoms with Crippen LogP contribution < -0.4 is 0 Å². The Bertz CT molecular complexity index is 536. The fourth-order valence-corrected chi connectivity index (χ4v) is 2.58. The van der Waals surface area contributed by atoms with Crippen molar-refractivity contribution in [3.05, 3.63) is 65.0 Å². The molecule has 18 heavy (non-hydrogen) atoms. The summed E-state index contributed by atoms with van der Waals surface area (Å²) < 4.78 is 0. The van der Waals surface area contributed by atoms with E-state index in [9.17, 15) is 5.11 Å². The summed E-state index contributed by atoms with van der Waals surface area (Å²) in [5.41, 5.74) is 4.48. The van der Waals surface area contributed by atoms with Crippen LogP contribution in [0.4, 0.5) is 0 Å². The first kappa shape index (κ1) is 11.4. The number of benzene rings is 1. The maximum absolute atomic E-state index is 9.90. The number of fused-ring (bicyclic) bond motifs is 1. The van der Waals surface area contributed by atoms with Crippen LogP contribution >= 0.6 is 0 Å². The van der Waals surface area contributed by atoms with Gasteiger partial charge < -0.3 is 5.11 Å². The van der Waals surface area contributed by atoms with Gasteiger partial charge in [-0.05, 0) is 30.9 Å². The fraction of sp³-hybridized carbons (Fsp3) is 0.312. The molecule has 0 bridgehead atoms. The van der Waals surface area contributed by atoms with Crippen molar-refractivity contribution < 1.29 is 5.11 Å². The summed E-state index contributed by atoms with van der Waals surface area (Å²) in [6.45, 7) is 0. The van der Waals surface area contributed by atoms with Crippen molar-refractivity contribution in [3.63, 3.8) is 0 Å². The van der Waals surface area contributed by atoms with Crippen molar-refractivity contribution in [1.29, 1.82) is 0 Å². The Morgan fingerprint density at radius 2 is 1.94 bits per heavy atom. The van der Waals surface area contributed by atoms with E-state index in [1.807, 2.05) is 18.2 Å². The zero-order chi connectivity index (χ0) is 12.4. The first-order valence-corrected chi connectivity index (χ1v) is 6.53. The molecule has 1 atom stereocenters. The third-order valence-electron chi connectivity index (χ3n) is 3.55. The second kappa shape index (κ2) is 4.91. The highest BCUT2D eigenvalue weighted by molar-refractivity contribution is 5.30. The normalized spacial score (nSPS) is 18.4. The Morgan fingerprint density at radius 3 is 2.78 bits per heavy atom. The van der Waals surface area contributed by atoms with E-state index in [1.54, 1.807) is 0 Å². The van der Waals surface area contributed by atoms with Gasteiger partial charge in [0.05, 0.1) is 6.10 Å². The topological polar surface area (TPSA) is 33.1 Å². The van der Waals surface area contributed by atoms with Gasteiger partial charge in [0.25, 0.3) is 0 Å². The van der Waals surface area contributed by atoms with Crippen LogP contribution in [0.3, 0.4) is 0 Å². The van der Waals surface area contributed by atoms with Crippen LogP contribution in [-0.2, 0) is 12.8 Å². The second-order valence-electron chi connectivity index (χ2n) is 4.91. The minimum Gasteiger partial charge on any atom is -0.388 e. The quantitative estimate of drug-likeness (QED) is 0.873. The lowest BCUT2D eigenvalue weighted by Gasteiger charge is -2.20. The first-order valence-electron chi connectivity index (χ1n) is 6.53. The lowest BCUT2D eigenvalue weighted by atomic mass is 9.93. The molecule has 0 fully saturated rings. The minimum atomic E-state index is -0.313. The molecule has 1 heterocycles. The molecule has 0 saturated heterocycles. The van der Waals surface area contributed by atoms with Gasteiger partial charge in [0, 0.05) is 23.4 Å². The molecule has 0 spiro atoms. The molecule has 3 rings (SSSR count). The molecule has 0 amide bonds. The number of aryl methyl sites for hydroxylation is 1. The van der Waals surface area contributed by atoms with Crippen molar-refractivity contribution >= 4 is 0 Å². The number of rotatable bonds is 2. The maximum Gasteiger partial charge on any atom is 0.0807 e. The molecule has 0 radical (unpaired) electrons. The predicted molar refractivity (Wildman–Crippen MR) is 71.4 cm³/mol. The van der Waals surface area contributed by atoms with Gasteiger partial charge in [-0.15, -0.1) is 0 Å². The molecule has 1 unspecified atom stereocenters. The fourth-order valence-electron chi connectivity index (χ4n) is 2.58. The van der Waals surface area contributed by atoms with Crippen LogP contribution in [0.1, 0.15) is 41.5 Å². The number of aliphatic hydroxyl groups excluding tert-OH is 1. The van der Waals surface area contributed by atoms with Gasteiger partial charge in [-0.1, -0.05) is 36.4 Å². The van der Waals surface area contributed by atoms with Gasteiger partial charge >= 0.3 is 0 Å². The molecule has 1 aromatic carbocycles. The SMILES string of the molecule is OC1CCCc2nc(Cc3ccccc3)ccc21. The van der Waals surface area contributed by atoms with E-state index in [2.05, 4.69) is 24.3 Å². The Hall–Kier alpha value is -1.67. The first-order chi connectivity index (χ1) is 8.83. The van der Waals surface area contributed by atoms with Gasteiger partial charge in [-0.25, -0.2) is 0 Å². The monoisotopic (exact) mass is 239 g/mol. The van der Waals surface area contributed by atoms with E-state index in [4.69, 9.17) is 4.98 Å². The summed E-state index contributed by atoms with van der Waals surface area (Å²) in [7, 11) is 0. The van der Waals surface area contributed by atoms with E-state index >= 15 is 0 Å². The van der Waals surface area contributed by atoms with Gasteiger partial charge in [0.2, 0.25) is 0 Å². The molecule has 1 aromatic heterocycles. The molecule has 1 aliphatic carbocycles. The van der Waals surface area contributed by atoms with Crippen LogP contribution in [0.25, 0.3) is 0 Å². The highest BCUT2D eigenvalue weighted by Crippen LogP contribution is 2.28. The number of nitrogens with zero attached hydrogens (tertiary/aromatic N) is 1. The molecule has 0 aliphatic heterocycles. The van der Waals surface area contributed by atoms with Crippen molar-refractivity contribution in [2.45, 2.75) is 31.8 Å². The molecule has 2 nitrogen and oxygen atoms in total. The summed E-state index contributed by atoms with van der Waals surface area (Å²) in [6.07, 6.45) is 3.45. The van der Waals surface area contributed by atoms with E-state index in [0.29, 0.717) is 0 Å². The molecule has 1 N–H and O–H groups in total. The molecule has 1 aliphatic rings. The van der Waals surface area contributed by atoms with Crippen LogP contribution in [0.15, 0.2) is 42.5 Å². The van der Waals surface area contributed by atoms with Crippen molar-refractivity contribution in [1.82, 2.24) is 4.98 Å². The number of pyridine rings is 1. The van der Waals surface area contributed by atoms with E-state index < -0.39 is 0 Å². The molecule has 2 aromatic rings. The van der Waals surface area contributed by atoms with Gasteiger partial charge in [-0.3, -0.25) is 4.98 Å². The number of hydrogen-bond donors (Lipinski definition) is 1. The van der Waals surface area contributed by atoms with E-state index in [-0.39, 0.29) is 6.10 Å². The average Bonchev–Trinajstić information content (AvgIpc) is 2.40. The Kier molecular flexibility index (Phi) is 3.11. The Labute approximate surface area is 107 Å². The summed E-state index contributed by atoms with van der Waals surface area (Å²) in [5.74, 6) is 0. The lowest BCUT2D eigenvalue weighted by molar-refractivity contribution is 0.155. The maximum atomic E-state index is 9.90. The van der Waals surface area contributed by atoms with Crippen molar-refractivity contribution in [2.75, 3.05) is 0 Å². The van der Waals surface area contributed by atoms with E-state index in [0.717, 1.165) is 42.6 Å². The third-order valence-corrected chi connectivity index (χ3v) is 3.55. The number of hydrogen-bond acceptors (Lipinski definition) is 2. The highest BCUT2D eigenvalue weighted by Gasteiger charge is 2.18. The minimum absolute atomic E-state index is 0.313. The number of aromatic nitrogens is 1. The molecule has 2 heteroatoms. The second-order valence-corrected chi connectivity index (χ2v) is 4.91. The Balaban J connectivity index is 1.86. The Morgan fingerprint density at radius 1 is 1.11 bits per heavy atom. The van der Waals surface area contributed by atoms with Crippen LogP contribution in [0, 0.1) is 0 Å². The molecule has 0 saturated carbocycles. The largest absolute Gasteiger partial charge is 0.388 e. The smallest absolute Gasteiger partial charge is 0.0807 e. The van der Waals surface area contributed by atoms with Crippen molar-refractivity contribution in [3.8, 4) is 0 Å². The van der Waals surface area contributed by atoms with Gasteiger partial charge in [0.15, 0.2) is 0 Å². The average molecular weight is 239 g/mol. The zero-order valence-corrected chi connectivity index (χ0v) is 10.3. The summed E-state index contributed by atoms with van der Waals surface area (Å²) in [6, 6.07) is 14.5. The van der Waals surface area contributed by atoms with Crippen molar-refractivity contribution in [2.24, 2.45) is 0 Å². The van der Waals surface area contributed by atoms with Crippen LogP contribution in [0.5, 0.6) is 0 Å². The third kappa shape index (κ3) is 2.29. The molecule has 92 valence electrons. The van der Waals surface area contributed by atoms with Crippen LogP contribution in [0.2, 0.25) is 0 Å². The zero-order valence-electron chi connectivity index (χ0n) is 10.3. The summed E-state index contributed by atoms with van der Waals surface area (Å²) in [5, 5.41) is 9.90. The molecular weight excluding hydrogens is 222 g/mol. The summed E-state index contributed by atoms with van der Waals surface area (Å²) >= 11 is 0. The van der Waals surface area contributed by atoms with Gasteiger partial charge in [0.1, 0.15) is 0 Å². The number of aliphatic hydroxyl groups is 1. The molecular formula is C16H17NO.